The second kappa shape index (κ2) is 8.91. The Labute approximate surface area is 237 Å². The molecular weight excluding hydrogens is 496 g/mol. The average Bonchev–Trinajstić information content (AvgIpc) is 3.53. The van der Waals surface area contributed by atoms with E-state index < -0.39 is 0 Å². The summed E-state index contributed by atoms with van der Waals surface area (Å²) in [6, 6.07) is 4.14. The van der Waals surface area contributed by atoms with Gasteiger partial charge in [-0.15, -0.1) is 0 Å². The summed E-state index contributed by atoms with van der Waals surface area (Å²) in [6.45, 7) is 26.1. The van der Waals surface area contributed by atoms with Gasteiger partial charge < -0.3 is 9.97 Å². The van der Waals surface area contributed by atoms with Crippen LogP contribution in [0, 0.1) is 10.8 Å². The molecule has 2 aliphatic heterocycles. The first-order valence-corrected chi connectivity index (χ1v) is 14.0. The zero-order chi connectivity index (χ0) is 29.4. The molecule has 5 rings (SSSR count). The van der Waals surface area contributed by atoms with Gasteiger partial charge in [0.1, 0.15) is 22.6 Å². The largest absolute Gasteiger partial charge is 0.325 e. The van der Waals surface area contributed by atoms with Crippen LogP contribution >= 0.6 is 0 Å². The van der Waals surface area contributed by atoms with Crippen molar-refractivity contribution in [1.82, 2.24) is 39.9 Å². The summed E-state index contributed by atoms with van der Waals surface area (Å²) in [7, 11) is 0. The number of rotatable bonds is 0. The second-order valence-corrected chi connectivity index (χ2v) is 15.0. The Hall–Kier alpha value is -3.68. The van der Waals surface area contributed by atoms with E-state index in [-0.39, 0.29) is 21.7 Å². The molecule has 0 atom stereocenters. The Bertz CT molecular complexity index is 1590. The third-order valence-electron chi connectivity index (χ3n) is 7.17. The molecule has 0 saturated heterocycles. The molecule has 0 fully saturated rings. The zero-order valence-electron chi connectivity index (χ0n) is 26.0. The third kappa shape index (κ3) is 5.36. The average molecular weight is 539 g/mol. The molecule has 0 unspecified atom stereocenters. The molecule has 8 nitrogen and oxygen atoms in total. The SMILES string of the molecule is CC(C)(C)C1=Cc2nc1nc1cc(C(C)(C)C)c(nc3nc(nc4cc(C(C)(C)C)c(n2)[nH]4)C(C(C)(C)C)=C3)[nH]1. The van der Waals surface area contributed by atoms with Gasteiger partial charge in [-0.05, 0) is 45.9 Å². The molecule has 5 heterocycles. The molecule has 40 heavy (non-hydrogen) atoms. The molecule has 0 saturated carbocycles. The van der Waals surface area contributed by atoms with Gasteiger partial charge in [0.15, 0.2) is 23.3 Å². The van der Waals surface area contributed by atoms with Gasteiger partial charge in [-0.1, -0.05) is 83.1 Å². The van der Waals surface area contributed by atoms with Crippen LogP contribution in [0.3, 0.4) is 0 Å². The van der Waals surface area contributed by atoms with Crippen LogP contribution in [-0.2, 0) is 10.8 Å². The quantitative estimate of drug-likeness (QED) is 0.304. The van der Waals surface area contributed by atoms with E-state index in [1.54, 1.807) is 0 Å². The summed E-state index contributed by atoms with van der Waals surface area (Å²) < 4.78 is 0. The number of nitrogens with one attached hydrogen (secondary N) is 2. The predicted octanol–water partition coefficient (Wildman–Crippen LogP) is 7.66. The van der Waals surface area contributed by atoms with E-state index in [1.807, 2.05) is 12.2 Å². The van der Waals surface area contributed by atoms with Crippen molar-refractivity contribution in [2.45, 2.75) is 93.9 Å². The van der Waals surface area contributed by atoms with Crippen LogP contribution in [0.25, 0.3) is 45.9 Å². The van der Waals surface area contributed by atoms with Gasteiger partial charge in [0.2, 0.25) is 0 Å². The minimum atomic E-state index is -0.170. The van der Waals surface area contributed by atoms with Crippen molar-refractivity contribution >= 4 is 45.9 Å². The molecule has 2 N–H and O–H groups in total. The fourth-order valence-corrected chi connectivity index (χ4v) is 4.94. The van der Waals surface area contributed by atoms with Crippen molar-refractivity contribution in [2.24, 2.45) is 10.8 Å². The number of hydrogen-bond donors (Lipinski definition) is 2. The Morgan fingerprint density at radius 1 is 0.450 bits per heavy atom. The van der Waals surface area contributed by atoms with E-state index in [2.05, 4.69) is 105 Å². The summed E-state index contributed by atoms with van der Waals surface area (Å²) >= 11 is 0. The van der Waals surface area contributed by atoms with Gasteiger partial charge >= 0.3 is 0 Å². The van der Waals surface area contributed by atoms with Gasteiger partial charge in [-0.25, -0.2) is 29.9 Å². The monoisotopic (exact) mass is 538 g/mol. The standard InChI is InChI=1S/C32H42N8/c1-29(2,3)17-13-21-33-25(17)37-22-14-18(30(4,5)6)27(34-22)39-24-16-20(32(10,11)12)28(36-24)40-23-15-19(31(7,8)9)26(35-23)38-21/h13-16H,1-12H3,(H2,33,34,35,36,37,38,39,40). The first-order chi connectivity index (χ1) is 18.3. The molecule has 3 aromatic heterocycles. The molecule has 8 heteroatoms. The zero-order valence-corrected chi connectivity index (χ0v) is 26.0. The van der Waals surface area contributed by atoms with Crippen molar-refractivity contribution in [2.75, 3.05) is 0 Å². The van der Waals surface area contributed by atoms with Crippen LogP contribution in [-0.4, -0.2) is 39.9 Å². The summed E-state index contributed by atoms with van der Waals surface area (Å²) in [6.07, 6.45) is 4.09. The van der Waals surface area contributed by atoms with Crippen molar-refractivity contribution in [3.63, 3.8) is 0 Å². The molecule has 8 bridgehead atoms. The highest BCUT2D eigenvalue weighted by Gasteiger charge is 2.28. The lowest BCUT2D eigenvalue weighted by molar-refractivity contribution is 0.566. The number of H-pyrrole nitrogens is 2. The maximum Gasteiger partial charge on any atom is 0.160 e. The van der Waals surface area contributed by atoms with Gasteiger partial charge in [-0.3, -0.25) is 0 Å². The van der Waals surface area contributed by atoms with Crippen molar-refractivity contribution in [3.8, 4) is 0 Å². The van der Waals surface area contributed by atoms with Crippen LogP contribution in [0.1, 0.15) is 118 Å². The second-order valence-electron chi connectivity index (χ2n) is 15.0. The van der Waals surface area contributed by atoms with Crippen molar-refractivity contribution in [1.29, 1.82) is 0 Å². The van der Waals surface area contributed by atoms with E-state index in [0.29, 0.717) is 34.6 Å². The fraction of sp³-hybridized carbons (Fsp3) is 0.500. The summed E-state index contributed by atoms with van der Waals surface area (Å²) in [5.74, 6) is 2.55. The van der Waals surface area contributed by atoms with Gasteiger partial charge in [0.25, 0.3) is 0 Å². The van der Waals surface area contributed by atoms with E-state index in [0.717, 1.165) is 33.6 Å². The molecule has 0 amide bonds. The first kappa shape index (κ1) is 27.9. The maximum absolute atomic E-state index is 5.00. The van der Waals surface area contributed by atoms with Crippen LogP contribution in [0.4, 0.5) is 0 Å². The molecule has 0 aliphatic carbocycles. The third-order valence-corrected chi connectivity index (χ3v) is 7.17. The van der Waals surface area contributed by atoms with Crippen LogP contribution in [0.15, 0.2) is 12.1 Å². The molecule has 3 aromatic rings. The highest BCUT2D eigenvalue weighted by molar-refractivity contribution is 5.85. The Morgan fingerprint density at radius 3 is 1.10 bits per heavy atom. The van der Waals surface area contributed by atoms with Crippen molar-refractivity contribution < 1.29 is 0 Å². The Morgan fingerprint density at radius 2 is 0.800 bits per heavy atom. The number of fused-ring (bicyclic) bond motifs is 8. The number of aromatic nitrogens is 8. The van der Waals surface area contributed by atoms with E-state index in [1.165, 1.54) is 0 Å². The van der Waals surface area contributed by atoms with Crippen LogP contribution in [0.5, 0.6) is 0 Å². The van der Waals surface area contributed by atoms with Crippen LogP contribution in [0.2, 0.25) is 0 Å². The summed E-state index contributed by atoms with van der Waals surface area (Å²) in [4.78, 5) is 36.7. The smallest absolute Gasteiger partial charge is 0.160 e. The Balaban J connectivity index is 1.96. The molecular formula is C32H42N8. The maximum atomic E-state index is 5.00. The Kier molecular flexibility index (Phi) is 6.21. The first-order valence-electron chi connectivity index (χ1n) is 14.0. The predicted molar refractivity (Wildman–Crippen MR) is 164 cm³/mol. The lowest BCUT2D eigenvalue weighted by Gasteiger charge is -2.18. The minimum Gasteiger partial charge on any atom is -0.325 e. The number of nitrogens with zero attached hydrogens (tertiary/aromatic N) is 6. The molecule has 2 aliphatic rings. The molecule has 0 spiro atoms. The number of allylic oxidation sites excluding steroid dienone is 2. The lowest BCUT2D eigenvalue weighted by atomic mass is 9.86. The normalized spacial score (nSPS) is 14.8. The fourth-order valence-electron chi connectivity index (χ4n) is 4.94. The van der Waals surface area contributed by atoms with Gasteiger partial charge in [0.05, 0.1) is 0 Å². The number of hydrogen-bond acceptors (Lipinski definition) is 6. The van der Waals surface area contributed by atoms with Gasteiger partial charge in [-0.2, -0.15) is 0 Å². The number of aromatic amines is 2. The highest BCUT2D eigenvalue weighted by atomic mass is 15.1. The van der Waals surface area contributed by atoms with Crippen molar-refractivity contribution in [3.05, 3.63) is 46.6 Å². The van der Waals surface area contributed by atoms with Crippen LogP contribution < -0.4 is 0 Å². The minimum absolute atomic E-state index is 0.158. The topological polar surface area (TPSA) is 109 Å². The van der Waals surface area contributed by atoms with Gasteiger partial charge in [0, 0.05) is 22.3 Å². The summed E-state index contributed by atoms with van der Waals surface area (Å²) in [5, 5.41) is 0. The highest BCUT2D eigenvalue weighted by Crippen LogP contribution is 2.38. The van der Waals surface area contributed by atoms with E-state index in [4.69, 9.17) is 29.9 Å². The molecule has 0 radical (unpaired) electrons. The molecule has 210 valence electrons. The van der Waals surface area contributed by atoms with E-state index >= 15 is 0 Å². The lowest BCUT2D eigenvalue weighted by Crippen LogP contribution is -2.10. The summed E-state index contributed by atoms with van der Waals surface area (Å²) in [5.41, 5.74) is 6.43. The van der Waals surface area contributed by atoms with E-state index in [9.17, 15) is 0 Å². The molecule has 0 aromatic carbocycles.